The molecule has 7 nitrogen and oxygen atoms in total. The monoisotopic (exact) mass is 371 g/mol. The fourth-order valence-electron chi connectivity index (χ4n) is 3.50. The molecule has 4 amide bonds. The minimum atomic E-state index is -0.420. The number of fused-ring (bicyclic) bond motifs is 1. The van der Waals surface area contributed by atoms with Crippen molar-refractivity contribution in [2.24, 2.45) is 11.3 Å². The Morgan fingerprint density at radius 2 is 1.63 bits per heavy atom. The molecule has 2 heterocycles. The van der Waals surface area contributed by atoms with E-state index in [0.717, 1.165) is 4.90 Å². The van der Waals surface area contributed by atoms with Gasteiger partial charge in [0.15, 0.2) is 0 Å². The van der Waals surface area contributed by atoms with Crippen LogP contribution in [0.2, 0.25) is 0 Å². The zero-order valence-electron chi connectivity index (χ0n) is 16.2. The summed E-state index contributed by atoms with van der Waals surface area (Å²) in [6.45, 7) is 6.81. The lowest BCUT2D eigenvalue weighted by Crippen LogP contribution is -2.45. The molecule has 0 radical (unpaired) electrons. The SMILES string of the molecule is CN1C(=O)c2ccc(NC(=O)C3CCN(C(=O)C(C)(C)C)CC3)cc2C1=O. The van der Waals surface area contributed by atoms with Crippen LogP contribution < -0.4 is 5.32 Å². The summed E-state index contributed by atoms with van der Waals surface area (Å²) >= 11 is 0. The summed E-state index contributed by atoms with van der Waals surface area (Å²) in [4.78, 5) is 51.8. The Kier molecular flexibility index (Phi) is 4.80. The number of anilines is 1. The predicted molar refractivity (Wildman–Crippen MR) is 100 cm³/mol. The Bertz CT molecular complexity index is 817. The van der Waals surface area contributed by atoms with Crippen molar-refractivity contribution in [3.8, 4) is 0 Å². The number of carbonyl (C=O) groups excluding carboxylic acids is 4. The molecule has 0 saturated carbocycles. The molecule has 1 saturated heterocycles. The second kappa shape index (κ2) is 6.79. The number of rotatable bonds is 2. The fraction of sp³-hybridized carbons (Fsp3) is 0.500. The maximum absolute atomic E-state index is 12.6. The minimum Gasteiger partial charge on any atom is -0.342 e. The van der Waals surface area contributed by atoms with E-state index in [2.05, 4.69) is 5.32 Å². The maximum atomic E-state index is 12.6. The third kappa shape index (κ3) is 3.59. The molecule has 1 aromatic rings. The molecule has 2 aliphatic heterocycles. The summed E-state index contributed by atoms with van der Waals surface area (Å²) in [5.74, 6) is -0.888. The smallest absolute Gasteiger partial charge is 0.261 e. The number of nitrogens with zero attached hydrogens (tertiary/aromatic N) is 2. The Morgan fingerprint density at radius 3 is 2.22 bits per heavy atom. The van der Waals surface area contributed by atoms with E-state index in [1.54, 1.807) is 18.2 Å². The van der Waals surface area contributed by atoms with Gasteiger partial charge in [-0.3, -0.25) is 24.1 Å². The summed E-state index contributed by atoms with van der Waals surface area (Å²) in [6, 6.07) is 4.76. The topological polar surface area (TPSA) is 86.8 Å². The Labute approximate surface area is 158 Å². The van der Waals surface area contributed by atoms with E-state index >= 15 is 0 Å². The third-order valence-electron chi connectivity index (χ3n) is 5.15. The molecule has 1 N–H and O–H groups in total. The van der Waals surface area contributed by atoms with E-state index in [1.165, 1.54) is 7.05 Å². The molecule has 144 valence electrons. The highest BCUT2D eigenvalue weighted by Crippen LogP contribution is 2.27. The molecular formula is C20H25N3O4. The van der Waals surface area contributed by atoms with Gasteiger partial charge in [-0.05, 0) is 31.0 Å². The van der Waals surface area contributed by atoms with Crippen LogP contribution in [0, 0.1) is 11.3 Å². The number of amides is 4. The molecule has 27 heavy (non-hydrogen) atoms. The van der Waals surface area contributed by atoms with Crippen LogP contribution in [-0.2, 0) is 9.59 Å². The van der Waals surface area contributed by atoms with Crippen molar-refractivity contribution in [3.63, 3.8) is 0 Å². The van der Waals surface area contributed by atoms with E-state index < -0.39 is 5.41 Å². The van der Waals surface area contributed by atoms with Crippen LogP contribution >= 0.6 is 0 Å². The first-order valence-corrected chi connectivity index (χ1v) is 9.16. The quantitative estimate of drug-likeness (QED) is 0.807. The van der Waals surface area contributed by atoms with E-state index in [4.69, 9.17) is 0 Å². The highest BCUT2D eigenvalue weighted by molar-refractivity contribution is 6.21. The van der Waals surface area contributed by atoms with Gasteiger partial charge in [-0.2, -0.15) is 0 Å². The number of nitrogens with one attached hydrogen (secondary N) is 1. The first kappa shape index (κ1) is 19.1. The van der Waals surface area contributed by atoms with Crippen molar-refractivity contribution in [3.05, 3.63) is 29.3 Å². The van der Waals surface area contributed by atoms with Crippen molar-refractivity contribution in [2.75, 3.05) is 25.5 Å². The third-order valence-corrected chi connectivity index (χ3v) is 5.15. The van der Waals surface area contributed by atoms with Crippen LogP contribution in [0.25, 0.3) is 0 Å². The number of likely N-dealkylation sites (tertiary alicyclic amines) is 1. The predicted octanol–water partition coefficient (Wildman–Crippen LogP) is 2.14. The van der Waals surface area contributed by atoms with Gasteiger partial charge < -0.3 is 10.2 Å². The first-order chi connectivity index (χ1) is 12.6. The fourth-order valence-corrected chi connectivity index (χ4v) is 3.50. The largest absolute Gasteiger partial charge is 0.342 e. The molecule has 0 atom stereocenters. The van der Waals surface area contributed by atoms with Crippen molar-refractivity contribution in [2.45, 2.75) is 33.6 Å². The highest BCUT2D eigenvalue weighted by atomic mass is 16.2. The molecule has 0 aromatic heterocycles. The summed E-state index contributed by atoms with van der Waals surface area (Å²) in [6.07, 6.45) is 1.22. The van der Waals surface area contributed by atoms with Gasteiger partial charge in [0.05, 0.1) is 11.1 Å². The van der Waals surface area contributed by atoms with Crippen LogP contribution in [-0.4, -0.2) is 53.6 Å². The highest BCUT2D eigenvalue weighted by Gasteiger charge is 2.34. The van der Waals surface area contributed by atoms with E-state index in [0.29, 0.717) is 42.7 Å². The number of hydrogen-bond donors (Lipinski definition) is 1. The van der Waals surface area contributed by atoms with Gasteiger partial charge in [0.2, 0.25) is 11.8 Å². The second-order valence-corrected chi connectivity index (χ2v) is 8.24. The van der Waals surface area contributed by atoms with E-state index in [-0.39, 0.29) is 29.5 Å². The number of imide groups is 1. The lowest BCUT2D eigenvalue weighted by molar-refractivity contribution is -0.142. The lowest BCUT2D eigenvalue weighted by Gasteiger charge is -2.35. The van der Waals surface area contributed by atoms with Crippen molar-refractivity contribution >= 4 is 29.3 Å². The van der Waals surface area contributed by atoms with Crippen LogP contribution in [0.15, 0.2) is 18.2 Å². The number of piperidine rings is 1. The normalized spacial score (nSPS) is 17.9. The van der Waals surface area contributed by atoms with Gasteiger partial charge in [0.25, 0.3) is 11.8 Å². The molecule has 1 fully saturated rings. The number of hydrogen-bond acceptors (Lipinski definition) is 4. The number of carbonyl (C=O) groups is 4. The van der Waals surface area contributed by atoms with E-state index in [1.807, 2.05) is 25.7 Å². The van der Waals surface area contributed by atoms with Crippen LogP contribution in [0.4, 0.5) is 5.69 Å². The van der Waals surface area contributed by atoms with E-state index in [9.17, 15) is 19.2 Å². The Balaban J connectivity index is 1.62. The van der Waals surface area contributed by atoms with Crippen LogP contribution in [0.3, 0.4) is 0 Å². The molecule has 0 spiro atoms. The summed E-state index contributed by atoms with van der Waals surface area (Å²) in [7, 11) is 1.44. The van der Waals surface area contributed by atoms with Crippen molar-refractivity contribution in [1.29, 1.82) is 0 Å². The molecule has 1 aromatic carbocycles. The van der Waals surface area contributed by atoms with Gasteiger partial charge in [-0.1, -0.05) is 20.8 Å². The van der Waals surface area contributed by atoms with Crippen molar-refractivity contribution < 1.29 is 19.2 Å². The molecule has 0 unspecified atom stereocenters. The second-order valence-electron chi connectivity index (χ2n) is 8.24. The average Bonchev–Trinajstić information content (AvgIpc) is 2.84. The van der Waals surface area contributed by atoms with Gasteiger partial charge in [0.1, 0.15) is 0 Å². The standard InChI is InChI=1S/C20H25N3O4/c1-20(2,3)19(27)23-9-7-12(8-10-23)16(24)21-13-5-6-14-15(11-13)18(26)22(4)17(14)25/h5-6,11-12H,7-10H2,1-4H3,(H,21,24). The zero-order valence-corrected chi connectivity index (χ0v) is 16.2. The van der Waals surface area contributed by atoms with Crippen molar-refractivity contribution in [1.82, 2.24) is 9.80 Å². The zero-order chi connectivity index (χ0) is 19.9. The molecule has 0 bridgehead atoms. The number of benzene rings is 1. The summed E-state index contributed by atoms with van der Waals surface area (Å²) < 4.78 is 0. The maximum Gasteiger partial charge on any atom is 0.261 e. The minimum absolute atomic E-state index is 0.104. The Morgan fingerprint density at radius 1 is 1.04 bits per heavy atom. The lowest BCUT2D eigenvalue weighted by atomic mass is 9.90. The first-order valence-electron chi connectivity index (χ1n) is 9.16. The molecule has 3 rings (SSSR count). The van der Waals surface area contributed by atoms with Gasteiger partial charge in [-0.25, -0.2) is 0 Å². The Hall–Kier alpha value is -2.70. The molecule has 7 heteroatoms. The van der Waals surface area contributed by atoms with Gasteiger partial charge in [0, 0.05) is 37.2 Å². The van der Waals surface area contributed by atoms with Gasteiger partial charge in [-0.15, -0.1) is 0 Å². The molecule has 0 aliphatic carbocycles. The van der Waals surface area contributed by atoms with Crippen LogP contribution in [0.1, 0.15) is 54.3 Å². The summed E-state index contributed by atoms with van der Waals surface area (Å²) in [5, 5.41) is 2.84. The summed E-state index contributed by atoms with van der Waals surface area (Å²) in [5.41, 5.74) is 0.750. The average molecular weight is 371 g/mol. The van der Waals surface area contributed by atoms with Gasteiger partial charge >= 0.3 is 0 Å². The molecular weight excluding hydrogens is 346 g/mol. The van der Waals surface area contributed by atoms with Crippen LogP contribution in [0.5, 0.6) is 0 Å². The molecule has 2 aliphatic rings.